The number of para-hydroxylation sites is 1. The fourth-order valence-corrected chi connectivity index (χ4v) is 4.55. The van der Waals surface area contributed by atoms with Gasteiger partial charge in [-0.15, -0.1) is 0 Å². The molecule has 29 heavy (non-hydrogen) atoms. The highest BCUT2D eigenvalue weighted by molar-refractivity contribution is 5.98. The van der Waals surface area contributed by atoms with Crippen molar-refractivity contribution in [2.24, 2.45) is 0 Å². The maximum absolute atomic E-state index is 13.6. The average Bonchev–Trinajstić information content (AvgIpc) is 3.22. The Morgan fingerprint density at radius 2 is 1.52 bits per heavy atom. The minimum atomic E-state index is -0.0824. The fourth-order valence-electron chi connectivity index (χ4n) is 4.55. The standard InChI is InChI=1S/C26H24N2O/c1-3-19-13-15-21(16-14-19)25-24-18(2)22-11-7-8-12-23(22)28(24)26(29)27(25)17-20-9-5-4-6-10-20/h4-16,25H,3,17H2,1-2H3. The first kappa shape index (κ1) is 17.7. The van der Waals surface area contributed by atoms with Gasteiger partial charge in [0, 0.05) is 11.9 Å². The molecule has 3 heteroatoms. The summed E-state index contributed by atoms with van der Waals surface area (Å²) in [6, 6.07) is 27.2. The number of aryl methyl sites for hydroxylation is 2. The molecule has 0 radical (unpaired) electrons. The first-order chi connectivity index (χ1) is 14.2. The highest BCUT2D eigenvalue weighted by Gasteiger charge is 2.40. The lowest BCUT2D eigenvalue weighted by atomic mass is 9.97. The van der Waals surface area contributed by atoms with Crippen molar-refractivity contribution in [3.63, 3.8) is 0 Å². The van der Waals surface area contributed by atoms with Crippen LogP contribution in [0.25, 0.3) is 10.9 Å². The summed E-state index contributed by atoms with van der Waals surface area (Å²) in [5.41, 5.74) is 6.89. The van der Waals surface area contributed by atoms with Gasteiger partial charge in [-0.1, -0.05) is 79.7 Å². The van der Waals surface area contributed by atoms with E-state index in [0.717, 1.165) is 34.1 Å². The summed E-state index contributed by atoms with van der Waals surface area (Å²) in [5.74, 6) is 0. The summed E-state index contributed by atoms with van der Waals surface area (Å²) < 4.78 is 1.92. The number of hydrogen-bond donors (Lipinski definition) is 0. The smallest absolute Gasteiger partial charge is 0.307 e. The van der Waals surface area contributed by atoms with Crippen molar-refractivity contribution >= 4 is 16.9 Å². The zero-order valence-corrected chi connectivity index (χ0v) is 16.8. The fraction of sp³-hybridized carbons (Fsp3) is 0.192. The Morgan fingerprint density at radius 1 is 0.828 bits per heavy atom. The van der Waals surface area contributed by atoms with Crippen LogP contribution in [-0.4, -0.2) is 15.5 Å². The highest BCUT2D eigenvalue weighted by Crippen LogP contribution is 2.42. The van der Waals surface area contributed by atoms with Gasteiger partial charge in [0.25, 0.3) is 0 Å². The number of hydrogen-bond acceptors (Lipinski definition) is 1. The summed E-state index contributed by atoms with van der Waals surface area (Å²) in [7, 11) is 0. The molecule has 1 aliphatic rings. The molecule has 144 valence electrons. The molecule has 0 saturated carbocycles. The molecule has 3 aromatic carbocycles. The van der Waals surface area contributed by atoms with Crippen molar-refractivity contribution < 1.29 is 4.79 Å². The van der Waals surface area contributed by atoms with Crippen LogP contribution in [0, 0.1) is 6.92 Å². The van der Waals surface area contributed by atoms with Crippen LogP contribution in [0.5, 0.6) is 0 Å². The molecule has 4 aromatic rings. The predicted molar refractivity (Wildman–Crippen MR) is 117 cm³/mol. The SMILES string of the molecule is CCc1ccc(C2c3c(C)c4ccccc4n3C(=O)N2Cc2ccccc2)cc1. The van der Waals surface area contributed by atoms with Gasteiger partial charge in [0.15, 0.2) is 0 Å². The molecular weight excluding hydrogens is 356 g/mol. The van der Waals surface area contributed by atoms with Crippen LogP contribution in [0.15, 0.2) is 78.9 Å². The van der Waals surface area contributed by atoms with E-state index in [1.54, 1.807) is 0 Å². The number of benzene rings is 3. The van der Waals surface area contributed by atoms with Gasteiger partial charge in [-0.05, 0) is 41.7 Å². The van der Waals surface area contributed by atoms with Crippen molar-refractivity contribution in [1.82, 2.24) is 9.47 Å². The maximum atomic E-state index is 13.6. The van der Waals surface area contributed by atoms with E-state index in [4.69, 9.17) is 0 Å². The van der Waals surface area contributed by atoms with Gasteiger partial charge in [-0.25, -0.2) is 4.79 Å². The van der Waals surface area contributed by atoms with Crippen molar-refractivity contribution in [2.45, 2.75) is 32.9 Å². The molecule has 0 fully saturated rings. The molecule has 1 atom stereocenters. The highest BCUT2D eigenvalue weighted by atomic mass is 16.2. The molecule has 1 aliphatic heterocycles. The quantitative estimate of drug-likeness (QED) is 0.421. The molecule has 1 unspecified atom stereocenters. The average molecular weight is 380 g/mol. The van der Waals surface area contributed by atoms with E-state index < -0.39 is 0 Å². The Morgan fingerprint density at radius 3 is 2.24 bits per heavy atom. The zero-order valence-electron chi connectivity index (χ0n) is 16.8. The number of aromatic nitrogens is 1. The van der Waals surface area contributed by atoms with Crippen LogP contribution in [0.4, 0.5) is 4.79 Å². The van der Waals surface area contributed by atoms with E-state index >= 15 is 0 Å². The van der Waals surface area contributed by atoms with Crippen LogP contribution >= 0.6 is 0 Å². The molecule has 1 aromatic heterocycles. The number of amides is 1. The van der Waals surface area contributed by atoms with Gasteiger partial charge < -0.3 is 4.90 Å². The molecule has 0 N–H and O–H groups in total. The number of nitrogens with zero attached hydrogens (tertiary/aromatic N) is 2. The van der Waals surface area contributed by atoms with E-state index in [1.807, 2.05) is 45.9 Å². The third kappa shape index (κ3) is 2.77. The van der Waals surface area contributed by atoms with Gasteiger partial charge >= 0.3 is 6.03 Å². The van der Waals surface area contributed by atoms with Crippen molar-refractivity contribution in [2.75, 3.05) is 0 Å². The molecule has 0 saturated heterocycles. The molecule has 2 heterocycles. The van der Waals surface area contributed by atoms with E-state index in [1.165, 1.54) is 11.1 Å². The molecule has 0 aliphatic carbocycles. The van der Waals surface area contributed by atoms with E-state index in [0.29, 0.717) is 6.54 Å². The minimum absolute atomic E-state index is 0.0534. The molecule has 0 spiro atoms. The van der Waals surface area contributed by atoms with E-state index in [-0.39, 0.29) is 12.1 Å². The summed E-state index contributed by atoms with van der Waals surface area (Å²) in [6.45, 7) is 4.90. The Bertz CT molecular complexity index is 1190. The largest absolute Gasteiger partial charge is 0.330 e. The van der Waals surface area contributed by atoms with Crippen LogP contribution in [0.2, 0.25) is 0 Å². The van der Waals surface area contributed by atoms with Gasteiger partial charge in [-0.2, -0.15) is 0 Å². The monoisotopic (exact) mass is 380 g/mol. The Balaban J connectivity index is 1.69. The normalized spacial score (nSPS) is 15.9. The van der Waals surface area contributed by atoms with Crippen LogP contribution < -0.4 is 0 Å². The number of rotatable bonds is 4. The number of carbonyl (C=O) groups excluding carboxylic acids is 1. The lowest BCUT2D eigenvalue weighted by Crippen LogP contribution is -2.29. The molecular formula is C26H24N2O. The second kappa shape index (κ2) is 6.93. The topological polar surface area (TPSA) is 25.2 Å². The summed E-state index contributed by atoms with van der Waals surface area (Å²) in [4.78, 5) is 15.6. The summed E-state index contributed by atoms with van der Waals surface area (Å²) in [5, 5.41) is 1.16. The van der Waals surface area contributed by atoms with Gasteiger partial charge in [0.05, 0.1) is 11.2 Å². The molecule has 5 rings (SSSR count). The molecule has 3 nitrogen and oxygen atoms in total. The molecule has 0 bridgehead atoms. The second-order valence-corrected chi connectivity index (χ2v) is 7.76. The van der Waals surface area contributed by atoms with E-state index in [9.17, 15) is 4.79 Å². The Kier molecular flexibility index (Phi) is 4.24. The van der Waals surface area contributed by atoms with E-state index in [2.05, 4.69) is 56.3 Å². The third-order valence-corrected chi connectivity index (χ3v) is 6.08. The van der Waals surface area contributed by atoms with Crippen LogP contribution in [-0.2, 0) is 13.0 Å². The van der Waals surface area contributed by atoms with Crippen molar-refractivity contribution in [1.29, 1.82) is 0 Å². The van der Waals surface area contributed by atoms with Gasteiger partial charge in [0.1, 0.15) is 6.04 Å². The Labute approximate surface area is 171 Å². The van der Waals surface area contributed by atoms with Gasteiger partial charge in [0.2, 0.25) is 0 Å². The zero-order chi connectivity index (χ0) is 20.0. The van der Waals surface area contributed by atoms with Crippen molar-refractivity contribution in [3.8, 4) is 0 Å². The molecule has 1 amide bonds. The lowest BCUT2D eigenvalue weighted by Gasteiger charge is -2.25. The van der Waals surface area contributed by atoms with Crippen LogP contribution in [0.1, 0.15) is 40.9 Å². The number of fused-ring (bicyclic) bond motifs is 3. The summed E-state index contributed by atoms with van der Waals surface area (Å²) >= 11 is 0. The van der Waals surface area contributed by atoms with Crippen molar-refractivity contribution in [3.05, 3.63) is 107 Å². The first-order valence-corrected chi connectivity index (χ1v) is 10.2. The maximum Gasteiger partial charge on any atom is 0.330 e. The second-order valence-electron chi connectivity index (χ2n) is 7.76. The first-order valence-electron chi connectivity index (χ1n) is 10.2. The van der Waals surface area contributed by atoms with Crippen LogP contribution in [0.3, 0.4) is 0 Å². The number of carbonyl (C=O) groups is 1. The summed E-state index contributed by atoms with van der Waals surface area (Å²) in [6.07, 6.45) is 1.01. The minimum Gasteiger partial charge on any atom is -0.307 e. The predicted octanol–water partition coefficient (Wildman–Crippen LogP) is 6.09. The third-order valence-electron chi connectivity index (χ3n) is 6.08. The van der Waals surface area contributed by atoms with Gasteiger partial charge in [-0.3, -0.25) is 4.57 Å². The Hall–Kier alpha value is -3.33. The lowest BCUT2D eigenvalue weighted by molar-refractivity contribution is 0.199.